The lowest BCUT2D eigenvalue weighted by Crippen LogP contribution is -2.48. The predicted molar refractivity (Wildman–Crippen MR) is 130 cm³/mol. The number of nitrogens with zero attached hydrogens (tertiary/aromatic N) is 4. The van der Waals surface area contributed by atoms with E-state index in [2.05, 4.69) is 9.88 Å². The van der Waals surface area contributed by atoms with E-state index in [1.165, 1.54) is 0 Å². The number of hydrogen-bond acceptors (Lipinski definition) is 4. The van der Waals surface area contributed by atoms with Crippen molar-refractivity contribution in [1.82, 2.24) is 14.9 Å². The van der Waals surface area contributed by atoms with Gasteiger partial charge in [0.1, 0.15) is 0 Å². The third-order valence-corrected chi connectivity index (χ3v) is 6.23. The lowest BCUT2D eigenvalue weighted by molar-refractivity contribution is 0.0748. The fraction of sp³-hybridized carbons (Fsp3) is 0.160. The summed E-state index contributed by atoms with van der Waals surface area (Å²) in [7, 11) is 0. The molecule has 0 saturated carbocycles. The number of benzene rings is 2. The van der Waals surface area contributed by atoms with Gasteiger partial charge in [0.05, 0.1) is 27.5 Å². The monoisotopic (exact) mass is 462 g/mol. The summed E-state index contributed by atoms with van der Waals surface area (Å²) in [5, 5.41) is 1.97. The number of rotatable bonds is 3. The molecule has 0 unspecified atom stereocenters. The van der Waals surface area contributed by atoms with Crippen molar-refractivity contribution in [2.24, 2.45) is 0 Å². The molecule has 5 nitrogen and oxygen atoms in total. The van der Waals surface area contributed by atoms with Gasteiger partial charge in [-0.05, 0) is 42.5 Å². The van der Waals surface area contributed by atoms with Crippen LogP contribution in [0.25, 0.3) is 22.3 Å². The molecule has 1 aliphatic rings. The van der Waals surface area contributed by atoms with Gasteiger partial charge in [0.2, 0.25) is 0 Å². The highest BCUT2D eigenvalue weighted by molar-refractivity contribution is 6.35. The second kappa shape index (κ2) is 8.77. The molecule has 5 rings (SSSR count). The Morgan fingerprint density at radius 3 is 2.41 bits per heavy atom. The molecule has 1 amide bonds. The van der Waals surface area contributed by atoms with Crippen LogP contribution in [0.1, 0.15) is 10.4 Å². The van der Waals surface area contributed by atoms with Crippen LogP contribution in [0.15, 0.2) is 72.9 Å². The molecular formula is C25H20Cl2N4O. The number of aromatic nitrogens is 2. The topological polar surface area (TPSA) is 49.3 Å². The van der Waals surface area contributed by atoms with Gasteiger partial charge in [0, 0.05) is 48.5 Å². The van der Waals surface area contributed by atoms with Gasteiger partial charge in [-0.2, -0.15) is 0 Å². The normalized spacial score (nSPS) is 14.1. The summed E-state index contributed by atoms with van der Waals surface area (Å²) in [6.07, 6.45) is 1.71. The molecule has 2 aromatic carbocycles. The van der Waals surface area contributed by atoms with Gasteiger partial charge >= 0.3 is 0 Å². The average molecular weight is 463 g/mol. The summed E-state index contributed by atoms with van der Waals surface area (Å²) in [6, 6.07) is 20.8. The third kappa shape index (κ3) is 4.01. The maximum Gasteiger partial charge on any atom is 0.254 e. The van der Waals surface area contributed by atoms with Crippen LogP contribution in [0.3, 0.4) is 0 Å². The van der Waals surface area contributed by atoms with Crippen molar-refractivity contribution < 1.29 is 4.79 Å². The molecule has 7 heteroatoms. The number of carbonyl (C=O) groups excluding carboxylic acids is 1. The Bertz CT molecular complexity index is 1290. The highest BCUT2D eigenvalue weighted by atomic mass is 35.5. The number of anilines is 1. The van der Waals surface area contributed by atoms with Gasteiger partial charge in [0.15, 0.2) is 0 Å². The van der Waals surface area contributed by atoms with Gasteiger partial charge in [0.25, 0.3) is 5.91 Å². The highest BCUT2D eigenvalue weighted by Gasteiger charge is 2.25. The minimum absolute atomic E-state index is 0.0254. The number of para-hydroxylation sites is 1. The van der Waals surface area contributed by atoms with E-state index in [1.54, 1.807) is 12.3 Å². The smallest absolute Gasteiger partial charge is 0.254 e. The van der Waals surface area contributed by atoms with Crippen molar-refractivity contribution >= 4 is 45.7 Å². The molecule has 1 fully saturated rings. The zero-order valence-electron chi connectivity index (χ0n) is 17.2. The summed E-state index contributed by atoms with van der Waals surface area (Å²) in [5.41, 5.74) is 3.61. The van der Waals surface area contributed by atoms with Crippen LogP contribution >= 0.6 is 23.2 Å². The Hall–Kier alpha value is -3.15. The van der Waals surface area contributed by atoms with E-state index in [1.807, 2.05) is 65.6 Å². The Balaban J connectivity index is 1.46. The van der Waals surface area contributed by atoms with Gasteiger partial charge < -0.3 is 9.80 Å². The molecule has 0 N–H and O–H groups in total. The minimum atomic E-state index is -0.0254. The first-order valence-electron chi connectivity index (χ1n) is 10.4. The SMILES string of the molecule is O=C(c1cc(-c2ccccn2)nc2c(Cl)cccc12)N1CCN(c2cccc(Cl)c2)CC1. The fourth-order valence-corrected chi connectivity index (χ4v) is 4.45. The number of hydrogen-bond donors (Lipinski definition) is 0. The van der Waals surface area contributed by atoms with Gasteiger partial charge in [-0.15, -0.1) is 0 Å². The van der Waals surface area contributed by atoms with Crippen LogP contribution in [-0.4, -0.2) is 47.0 Å². The van der Waals surface area contributed by atoms with Crippen molar-refractivity contribution in [2.75, 3.05) is 31.1 Å². The zero-order chi connectivity index (χ0) is 22.1. The second-order valence-electron chi connectivity index (χ2n) is 7.67. The maximum atomic E-state index is 13.6. The van der Waals surface area contributed by atoms with Gasteiger partial charge in [-0.3, -0.25) is 9.78 Å². The molecule has 0 atom stereocenters. The molecule has 3 heterocycles. The molecule has 1 saturated heterocycles. The summed E-state index contributed by atoms with van der Waals surface area (Å²) in [5.74, 6) is -0.0254. The lowest BCUT2D eigenvalue weighted by atomic mass is 10.0. The summed E-state index contributed by atoms with van der Waals surface area (Å²) in [6.45, 7) is 2.72. The molecule has 4 aromatic rings. The largest absolute Gasteiger partial charge is 0.368 e. The fourth-order valence-electron chi connectivity index (χ4n) is 4.05. The Morgan fingerprint density at radius 2 is 1.66 bits per heavy atom. The molecule has 2 aromatic heterocycles. The molecule has 1 aliphatic heterocycles. The molecule has 160 valence electrons. The molecular weight excluding hydrogens is 443 g/mol. The van der Waals surface area contributed by atoms with Gasteiger partial charge in [-0.25, -0.2) is 4.98 Å². The van der Waals surface area contributed by atoms with Crippen LogP contribution in [0.5, 0.6) is 0 Å². The van der Waals surface area contributed by atoms with E-state index in [0.29, 0.717) is 45.6 Å². The Morgan fingerprint density at radius 1 is 0.844 bits per heavy atom. The van der Waals surface area contributed by atoms with E-state index < -0.39 is 0 Å². The average Bonchev–Trinajstić information content (AvgIpc) is 2.84. The number of amides is 1. The predicted octanol–water partition coefficient (Wildman–Crippen LogP) is 5.57. The van der Waals surface area contributed by atoms with Crippen molar-refractivity contribution in [2.45, 2.75) is 0 Å². The quantitative estimate of drug-likeness (QED) is 0.399. The standard InChI is InChI=1S/C25H20Cl2N4O/c26-17-5-3-6-18(15-17)30-11-13-31(14-12-30)25(32)20-16-23(22-9-1-2-10-28-22)29-24-19(20)7-4-8-21(24)27/h1-10,15-16H,11-14H2. The second-order valence-corrected chi connectivity index (χ2v) is 8.51. The molecule has 0 aliphatic carbocycles. The van der Waals surface area contributed by atoms with Crippen LogP contribution in [0.4, 0.5) is 5.69 Å². The first-order chi connectivity index (χ1) is 15.6. The van der Waals surface area contributed by atoms with E-state index in [4.69, 9.17) is 28.2 Å². The molecule has 0 spiro atoms. The Kier molecular flexibility index (Phi) is 5.68. The Labute approximate surface area is 196 Å². The van der Waals surface area contributed by atoms with Gasteiger partial charge in [-0.1, -0.05) is 47.5 Å². The lowest BCUT2D eigenvalue weighted by Gasteiger charge is -2.36. The highest BCUT2D eigenvalue weighted by Crippen LogP contribution is 2.30. The molecule has 32 heavy (non-hydrogen) atoms. The van der Waals surface area contributed by atoms with E-state index in [-0.39, 0.29) is 5.91 Å². The molecule has 0 radical (unpaired) electrons. The van der Waals surface area contributed by atoms with Crippen molar-refractivity contribution in [3.63, 3.8) is 0 Å². The van der Waals surface area contributed by atoms with Crippen LogP contribution in [0, 0.1) is 0 Å². The summed E-state index contributed by atoms with van der Waals surface area (Å²) < 4.78 is 0. The third-order valence-electron chi connectivity index (χ3n) is 5.69. The van der Waals surface area contributed by atoms with E-state index in [9.17, 15) is 4.79 Å². The zero-order valence-corrected chi connectivity index (χ0v) is 18.7. The van der Waals surface area contributed by atoms with E-state index >= 15 is 0 Å². The number of halogens is 2. The van der Waals surface area contributed by atoms with Crippen molar-refractivity contribution in [3.8, 4) is 11.4 Å². The maximum absolute atomic E-state index is 13.6. The molecule has 0 bridgehead atoms. The van der Waals surface area contributed by atoms with Crippen LogP contribution in [-0.2, 0) is 0 Å². The van der Waals surface area contributed by atoms with Crippen LogP contribution in [0.2, 0.25) is 10.0 Å². The van der Waals surface area contributed by atoms with Crippen LogP contribution < -0.4 is 4.90 Å². The summed E-state index contributed by atoms with van der Waals surface area (Å²) in [4.78, 5) is 26.8. The number of fused-ring (bicyclic) bond motifs is 1. The van der Waals surface area contributed by atoms with E-state index in [0.717, 1.165) is 24.2 Å². The number of carbonyl (C=O) groups is 1. The minimum Gasteiger partial charge on any atom is -0.368 e. The van der Waals surface area contributed by atoms with Crippen molar-refractivity contribution in [3.05, 3.63) is 88.5 Å². The summed E-state index contributed by atoms with van der Waals surface area (Å²) >= 11 is 12.6. The first kappa shape index (κ1) is 20.7. The number of pyridine rings is 2. The first-order valence-corrected chi connectivity index (χ1v) is 11.2. The van der Waals surface area contributed by atoms with Crippen molar-refractivity contribution in [1.29, 1.82) is 0 Å². The number of piperazine rings is 1.